The van der Waals surface area contributed by atoms with Crippen molar-refractivity contribution in [1.82, 2.24) is 20.0 Å². The fourth-order valence-electron chi connectivity index (χ4n) is 3.66. The lowest BCUT2D eigenvalue weighted by molar-refractivity contribution is -0.135. The molecule has 1 N–H and O–H groups in total. The van der Waals surface area contributed by atoms with Crippen molar-refractivity contribution in [3.63, 3.8) is 0 Å². The Kier molecular flexibility index (Phi) is 5.59. The lowest BCUT2D eigenvalue weighted by Crippen LogP contribution is -2.45. The van der Waals surface area contributed by atoms with Gasteiger partial charge < -0.3 is 9.80 Å². The number of nitrogens with zero attached hydrogens (tertiary/aromatic N) is 3. The van der Waals surface area contributed by atoms with Gasteiger partial charge in [0.2, 0.25) is 5.91 Å². The quantitative estimate of drug-likeness (QED) is 0.882. The number of amides is 2. The molecule has 1 fully saturated rings. The third-order valence-electron chi connectivity index (χ3n) is 5.25. The number of allylic oxidation sites excluding steroid dienone is 3. The number of likely N-dealkylation sites (tertiary alicyclic amines) is 1. The molecule has 2 amide bonds. The molecule has 0 spiro atoms. The fraction of sp³-hybridized carbons (Fsp3) is 0.550. The van der Waals surface area contributed by atoms with Crippen molar-refractivity contribution >= 4 is 11.8 Å². The number of carbonyl (C=O) groups is 2. The number of likely N-dealkylation sites (N-methyl/N-ethyl adjacent to an activating group) is 1. The van der Waals surface area contributed by atoms with Crippen molar-refractivity contribution < 1.29 is 9.59 Å². The zero-order valence-corrected chi connectivity index (χ0v) is 15.8. The summed E-state index contributed by atoms with van der Waals surface area (Å²) in [6.45, 7) is 8.04. The van der Waals surface area contributed by atoms with E-state index < -0.39 is 0 Å². The molecule has 26 heavy (non-hydrogen) atoms. The van der Waals surface area contributed by atoms with E-state index in [0.717, 1.165) is 18.5 Å². The Bertz CT molecular complexity index is 719. The summed E-state index contributed by atoms with van der Waals surface area (Å²) in [5.41, 5.74) is 1.43. The van der Waals surface area contributed by atoms with Gasteiger partial charge in [0.05, 0.1) is 12.0 Å². The Hall–Kier alpha value is -2.37. The van der Waals surface area contributed by atoms with Gasteiger partial charge in [-0.2, -0.15) is 5.10 Å². The summed E-state index contributed by atoms with van der Waals surface area (Å²) in [6, 6.07) is 1.92. The summed E-state index contributed by atoms with van der Waals surface area (Å²) in [5, 5.41) is 7.11. The minimum absolute atomic E-state index is 0.0559. The number of aromatic amines is 1. The van der Waals surface area contributed by atoms with E-state index in [0.29, 0.717) is 31.2 Å². The molecule has 6 nitrogen and oxygen atoms in total. The van der Waals surface area contributed by atoms with E-state index in [2.05, 4.69) is 24.0 Å². The first-order valence-electron chi connectivity index (χ1n) is 9.49. The monoisotopic (exact) mass is 356 g/mol. The van der Waals surface area contributed by atoms with Crippen molar-refractivity contribution in [3.8, 4) is 0 Å². The normalized spacial score (nSPS) is 22.2. The zero-order valence-electron chi connectivity index (χ0n) is 15.8. The first-order chi connectivity index (χ1) is 12.5. The molecule has 2 unspecified atom stereocenters. The van der Waals surface area contributed by atoms with Gasteiger partial charge in [0.15, 0.2) is 0 Å². The lowest BCUT2D eigenvalue weighted by atomic mass is 9.98. The van der Waals surface area contributed by atoms with Crippen LogP contribution in [0.1, 0.15) is 55.7 Å². The van der Waals surface area contributed by atoms with Crippen LogP contribution in [0.5, 0.6) is 0 Å². The van der Waals surface area contributed by atoms with E-state index in [1.807, 2.05) is 47.1 Å². The molecule has 1 aliphatic carbocycles. The van der Waals surface area contributed by atoms with E-state index in [1.165, 1.54) is 0 Å². The van der Waals surface area contributed by atoms with Gasteiger partial charge in [-0.05, 0) is 31.7 Å². The van der Waals surface area contributed by atoms with Crippen molar-refractivity contribution in [2.24, 2.45) is 5.92 Å². The van der Waals surface area contributed by atoms with Crippen LogP contribution in [0.4, 0.5) is 0 Å². The number of rotatable bonds is 5. The molecule has 0 radical (unpaired) electrons. The molecule has 140 valence electrons. The maximum absolute atomic E-state index is 12.9. The highest BCUT2D eigenvalue weighted by Crippen LogP contribution is 2.23. The van der Waals surface area contributed by atoms with Gasteiger partial charge >= 0.3 is 0 Å². The minimum Gasteiger partial charge on any atom is -0.338 e. The molecule has 2 aliphatic rings. The molecule has 2 atom stereocenters. The van der Waals surface area contributed by atoms with E-state index in [4.69, 9.17) is 0 Å². The number of carbonyl (C=O) groups excluding carboxylic acids is 2. The van der Waals surface area contributed by atoms with Gasteiger partial charge in [0.25, 0.3) is 5.91 Å². The highest BCUT2D eigenvalue weighted by atomic mass is 16.2. The first-order valence-corrected chi connectivity index (χ1v) is 9.49. The molecule has 0 bridgehead atoms. The molecule has 1 aromatic rings. The van der Waals surface area contributed by atoms with Gasteiger partial charge in [-0.1, -0.05) is 38.2 Å². The third-order valence-corrected chi connectivity index (χ3v) is 5.25. The van der Waals surface area contributed by atoms with Gasteiger partial charge in [0.1, 0.15) is 5.69 Å². The second kappa shape index (κ2) is 7.89. The predicted octanol–water partition coefficient (Wildman–Crippen LogP) is 2.73. The average molecular weight is 356 g/mol. The minimum atomic E-state index is -0.0790. The summed E-state index contributed by atoms with van der Waals surface area (Å²) >= 11 is 0. The number of H-pyrrole nitrogens is 1. The van der Waals surface area contributed by atoms with Crippen LogP contribution in [0.15, 0.2) is 30.4 Å². The van der Waals surface area contributed by atoms with Crippen LogP contribution < -0.4 is 0 Å². The summed E-state index contributed by atoms with van der Waals surface area (Å²) in [7, 11) is 0. The van der Waals surface area contributed by atoms with E-state index in [1.54, 1.807) is 0 Å². The Morgan fingerprint density at radius 2 is 2.19 bits per heavy atom. The Balaban J connectivity index is 1.64. The van der Waals surface area contributed by atoms with Crippen LogP contribution in [0.2, 0.25) is 0 Å². The van der Waals surface area contributed by atoms with Crippen LogP contribution in [-0.2, 0) is 4.79 Å². The van der Waals surface area contributed by atoms with Crippen LogP contribution in [0.3, 0.4) is 0 Å². The Morgan fingerprint density at radius 3 is 2.81 bits per heavy atom. The molecule has 1 aromatic heterocycles. The topological polar surface area (TPSA) is 69.3 Å². The Morgan fingerprint density at radius 1 is 1.38 bits per heavy atom. The van der Waals surface area contributed by atoms with Crippen LogP contribution in [0, 0.1) is 5.92 Å². The van der Waals surface area contributed by atoms with Crippen molar-refractivity contribution in [2.75, 3.05) is 19.6 Å². The zero-order chi connectivity index (χ0) is 18.7. The maximum Gasteiger partial charge on any atom is 0.274 e. The highest BCUT2D eigenvalue weighted by Gasteiger charge is 2.35. The van der Waals surface area contributed by atoms with Crippen LogP contribution in [-0.4, -0.2) is 57.5 Å². The highest BCUT2D eigenvalue weighted by molar-refractivity contribution is 5.92. The smallest absolute Gasteiger partial charge is 0.274 e. The molecular formula is C20H28N4O2. The van der Waals surface area contributed by atoms with Crippen molar-refractivity contribution in [2.45, 2.75) is 45.6 Å². The molecule has 1 aliphatic heterocycles. The molecule has 0 aromatic carbocycles. The summed E-state index contributed by atoms with van der Waals surface area (Å²) in [4.78, 5) is 29.3. The lowest BCUT2D eigenvalue weighted by Gasteiger charge is -2.30. The fourth-order valence-corrected chi connectivity index (χ4v) is 3.66. The second-order valence-corrected chi connectivity index (χ2v) is 7.34. The van der Waals surface area contributed by atoms with Crippen molar-refractivity contribution in [3.05, 3.63) is 41.8 Å². The molecule has 3 rings (SSSR count). The molecule has 1 saturated heterocycles. The number of hydrogen-bond donors (Lipinski definition) is 1. The standard InChI is InChI=1S/C20H28N4O2/c1-4-24(19(25)15-8-6-5-7-9-15)16-10-11-23(13-16)20(26)18-12-17(14(2)3)21-22-18/h5-8,12,14-16H,4,9-11,13H2,1-3H3,(H,21,22). The van der Waals surface area contributed by atoms with Gasteiger partial charge in [-0.3, -0.25) is 14.7 Å². The maximum atomic E-state index is 12.9. The van der Waals surface area contributed by atoms with Gasteiger partial charge in [-0.25, -0.2) is 0 Å². The van der Waals surface area contributed by atoms with Crippen molar-refractivity contribution in [1.29, 1.82) is 0 Å². The van der Waals surface area contributed by atoms with E-state index in [9.17, 15) is 9.59 Å². The predicted molar refractivity (Wildman–Crippen MR) is 101 cm³/mol. The van der Waals surface area contributed by atoms with Gasteiger partial charge in [-0.15, -0.1) is 0 Å². The SMILES string of the molecule is CCN(C(=O)C1C=CC=CC1)C1CCN(C(=O)c2cc(C(C)C)[nH]n2)C1. The first kappa shape index (κ1) is 18.4. The van der Waals surface area contributed by atoms with E-state index in [-0.39, 0.29) is 23.8 Å². The molecular weight excluding hydrogens is 328 g/mol. The molecule has 2 heterocycles. The summed E-state index contributed by atoms with van der Waals surface area (Å²) in [5.74, 6) is 0.333. The number of nitrogens with one attached hydrogen (secondary N) is 1. The third kappa shape index (κ3) is 3.74. The number of aromatic nitrogens is 2. The largest absolute Gasteiger partial charge is 0.338 e. The van der Waals surface area contributed by atoms with E-state index >= 15 is 0 Å². The summed E-state index contributed by atoms with van der Waals surface area (Å²) in [6.07, 6.45) is 9.50. The molecule has 0 saturated carbocycles. The molecule has 6 heteroatoms. The Labute approximate surface area is 154 Å². The second-order valence-electron chi connectivity index (χ2n) is 7.34. The van der Waals surface area contributed by atoms with Crippen LogP contribution in [0.25, 0.3) is 0 Å². The average Bonchev–Trinajstić information content (AvgIpc) is 3.32. The van der Waals surface area contributed by atoms with Gasteiger partial charge in [0, 0.05) is 25.3 Å². The number of hydrogen-bond acceptors (Lipinski definition) is 3. The van der Waals surface area contributed by atoms with Crippen LogP contribution >= 0.6 is 0 Å². The summed E-state index contributed by atoms with van der Waals surface area (Å²) < 4.78 is 0.